The van der Waals surface area contributed by atoms with Gasteiger partial charge in [0.2, 0.25) is 5.78 Å². The zero-order chi connectivity index (χ0) is 11.7. The molecule has 0 atom stereocenters. The number of hydrogen-bond acceptors (Lipinski definition) is 3. The third-order valence-corrected chi connectivity index (χ3v) is 1.75. The highest BCUT2D eigenvalue weighted by atomic mass is 19.4. The minimum Gasteiger partial charge on any atom is -0.350 e. The summed E-state index contributed by atoms with van der Waals surface area (Å²) >= 11 is 0. The number of carbonyl (C=O) groups excluding carboxylic acids is 1. The van der Waals surface area contributed by atoms with Gasteiger partial charge in [0.25, 0.3) is 0 Å². The molecule has 1 heterocycles. The molecule has 1 aliphatic rings. The summed E-state index contributed by atoms with van der Waals surface area (Å²) in [5.74, 6) is -7.59. The summed E-state index contributed by atoms with van der Waals surface area (Å²) in [5, 5.41) is 0. The summed E-state index contributed by atoms with van der Waals surface area (Å²) < 4.78 is 69.1. The Labute approximate surface area is 81.1 Å². The monoisotopic (exact) mass is 234 g/mol. The van der Waals surface area contributed by atoms with Gasteiger partial charge in [-0.1, -0.05) is 0 Å². The standard InChI is InChI=1S/C7H7F5O3/c8-6(9,7(10,11)12)4(13)3-5-14-1-2-15-5/h5H,1-3H2. The van der Waals surface area contributed by atoms with Crippen LogP contribution < -0.4 is 0 Å². The fraction of sp³-hybridized carbons (Fsp3) is 0.857. The Hall–Kier alpha value is -0.760. The van der Waals surface area contributed by atoms with Crippen LogP contribution in [0.2, 0.25) is 0 Å². The summed E-state index contributed by atoms with van der Waals surface area (Å²) in [5.41, 5.74) is 0. The lowest BCUT2D eigenvalue weighted by Crippen LogP contribution is -2.45. The van der Waals surface area contributed by atoms with Gasteiger partial charge < -0.3 is 9.47 Å². The first-order valence-corrected chi connectivity index (χ1v) is 3.96. The van der Waals surface area contributed by atoms with Gasteiger partial charge in [0.05, 0.1) is 19.6 Å². The summed E-state index contributed by atoms with van der Waals surface area (Å²) in [6.45, 7) is 0.158. The van der Waals surface area contributed by atoms with Gasteiger partial charge in [0.1, 0.15) is 0 Å². The predicted molar refractivity (Wildman–Crippen MR) is 36.3 cm³/mol. The van der Waals surface area contributed by atoms with Crippen molar-refractivity contribution in [3.63, 3.8) is 0 Å². The lowest BCUT2D eigenvalue weighted by atomic mass is 10.1. The van der Waals surface area contributed by atoms with Crippen LogP contribution in [-0.2, 0) is 14.3 Å². The number of Topliss-reactive ketones (excluding diaryl/α,β-unsaturated/α-hetero) is 1. The van der Waals surface area contributed by atoms with E-state index in [1.807, 2.05) is 0 Å². The van der Waals surface area contributed by atoms with E-state index >= 15 is 0 Å². The third kappa shape index (κ3) is 2.63. The lowest BCUT2D eigenvalue weighted by Gasteiger charge is -2.19. The normalized spacial score (nSPS) is 19.5. The molecular formula is C7H7F5O3. The van der Waals surface area contributed by atoms with E-state index in [1.165, 1.54) is 0 Å². The average Bonchev–Trinajstić information content (AvgIpc) is 2.54. The van der Waals surface area contributed by atoms with E-state index < -0.39 is 30.6 Å². The highest BCUT2D eigenvalue weighted by molar-refractivity contribution is 5.86. The number of carbonyl (C=O) groups is 1. The van der Waals surface area contributed by atoms with E-state index in [0.717, 1.165) is 0 Å². The first-order valence-electron chi connectivity index (χ1n) is 3.96. The smallest absolute Gasteiger partial charge is 0.350 e. The van der Waals surface area contributed by atoms with Crippen molar-refractivity contribution in [2.75, 3.05) is 13.2 Å². The Morgan fingerprint density at radius 3 is 2.00 bits per heavy atom. The zero-order valence-corrected chi connectivity index (χ0v) is 7.31. The first-order chi connectivity index (χ1) is 6.75. The highest BCUT2D eigenvalue weighted by Gasteiger charge is 2.63. The van der Waals surface area contributed by atoms with E-state index in [4.69, 9.17) is 0 Å². The maximum Gasteiger partial charge on any atom is 0.461 e. The number of ketones is 1. The lowest BCUT2D eigenvalue weighted by molar-refractivity contribution is -0.270. The molecule has 0 aromatic rings. The largest absolute Gasteiger partial charge is 0.461 e. The van der Waals surface area contributed by atoms with Gasteiger partial charge in [0.15, 0.2) is 6.29 Å². The second-order valence-corrected chi connectivity index (χ2v) is 2.87. The van der Waals surface area contributed by atoms with Gasteiger partial charge in [-0.2, -0.15) is 22.0 Å². The van der Waals surface area contributed by atoms with Gasteiger partial charge in [0, 0.05) is 0 Å². The van der Waals surface area contributed by atoms with Crippen molar-refractivity contribution >= 4 is 5.78 Å². The van der Waals surface area contributed by atoms with Gasteiger partial charge in [-0.25, -0.2) is 0 Å². The van der Waals surface area contributed by atoms with E-state index in [2.05, 4.69) is 9.47 Å². The van der Waals surface area contributed by atoms with Crippen LogP contribution in [-0.4, -0.2) is 37.4 Å². The molecule has 1 aliphatic heterocycles. The Balaban J connectivity index is 2.59. The molecule has 0 radical (unpaired) electrons. The van der Waals surface area contributed by atoms with E-state index in [1.54, 1.807) is 0 Å². The average molecular weight is 234 g/mol. The third-order valence-electron chi connectivity index (χ3n) is 1.75. The van der Waals surface area contributed by atoms with Crippen LogP contribution >= 0.6 is 0 Å². The highest BCUT2D eigenvalue weighted by Crippen LogP contribution is 2.37. The molecule has 8 heteroatoms. The maximum atomic E-state index is 12.4. The second kappa shape index (κ2) is 4.01. The molecular weight excluding hydrogens is 227 g/mol. The first kappa shape index (κ1) is 12.3. The number of hydrogen-bond donors (Lipinski definition) is 0. The Morgan fingerprint density at radius 2 is 1.60 bits per heavy atom. The molecule has 0 bridgehead atoms. The minimum atomic E-state index is -5.87. The Kier molecular flexibility index (Phi) is 3.29. The van der Waals surface area contributed by atoms with E-state index in [0.29, 0.717) is 0 Å². The molecule has 1 fully saturated rings. The molecule has 0 N–H and O–H groups in total. The number of ether oxygens (including phenoxy) is 2. The topological polar surface area (TPSA) is 35.5 Å². The number of alkyl halides is 5. The van der Waals surface area contributed by atoms with E-state index in [-0.39, 0.29) is 13.2 Å². The molecule has 0 spiro atoms. The summed E-state index contributed by atoms with van der Waals surface area (Å²) in [6, 6.07) is 0. The molecule has 15 heavy (non-hydrogen) atoms. The van der Waals surface area contributed by atoms with E-state index in [9.17, 15) is 26.7 Å². The fourth-order valence-corrected chi connectivity index (χ4v) is 0.963. The maximum absolute atomic E-state index is 12.4. The predicted octanol–water partition coefficient (Wildman–Crippen LogP) is 1.52. The van der Waals surface area contributed by atoms with Crippen molar-refractivity contribution in [3.05, 3.63) is 0 Å². The molecule has 0 aliphatic carbocycles. The van der Waals surface area contributed by atoms with Gasteiger partial charge in [-0.05, 0) is 0 Å². The zero-order valence-electron chi connectivity index (χ0n) is 7.31. The van der Waals surface area contributed by atoms with Crippen LogP contribution in [0.15, 0.2) is 0 Å². The van der Waals surface area contributed by atoms with Crippen molar-refractivity contribution in [2.45, 2.75) is 24.8 Å². The minimum absolute atomic E-state index is 0.0789. The van der Waals surface area contributed by atoms with Crippen LogP contribution in [0.25, 0.3) is 0 Å². The molecule has 0 aromatic heterocycles. The Bertz CT molecular complexity index is 244. The van der Waals surface area contributed by atoms with Crippen molar-refractivity contribution < 1.29 is 36.2 Å². The second-order valence-electron chi connectivity index (χ2n) is 2.87. The summed E-state index contributed by atoms with van der Waals surface area (Å²) in [4.78, 5) is 10.6. The fourth-order valence-electron chi connectivity index (χ4n) is 0.963. The van der Waals surface area contributed by atoms with Crippen LogP contribution in [0.1, 0.15) is 6.42 Å². The Morgan fingerprint density at radius 1 is 1.13 bits per heavy atom. The molecule has 1 rings (SSSR count). The van der Waals surface area contributed by atoms with Gasteiger partial charge in [-0.15, -0.1) is 0 Å². The number of halogens is 5. The molecule has 1 saturated heterocycles. The SMILES string of the molecule is O=C(CC1OCCO1)C(F)(F)C(F)(F)F. The van der Waals surface area contributed by atoms with Crippen LogP contribution in [0, 0.1) is 0 Å². The molecule has 0 unspecified atom stereocenters. The molecule has 0 saturated carbocycles. The van der Waals surface area contributed by atoms with Crippen molar-refractivity contribution in [1.82, 2.24) is 0 Å². The summed E-state index contributed by atoms with van der Waals surface area (Å²) in [6.07, 6.45) is -8.28. The quantitative estimate of drug-likeness (QED) is 0.694. The molecule has 3 nitrogen and oxygen atoms in total. The van der Waals surface area contributed by atoms with Crippen molar-refractivity contribution in [2.24, 2.45) is 0 Å². The number of rotatable bonds is 3. The molecule has 88 valence electrons. The van der Waals surface area contributed by atoms with Crippen molar-refractivity contribution in [1.29, 1.82) is 0 Å². The molecule has 0 aromatic carbocycles. The van der Waals surface area contributed by atoms with Crippen LogP contribution in [0.3, 0.4) is 0 Å². The van der Waals surface area contributed by atoms with Crippen molar-refractivity contribution in [3.8, 4) is 0 Å². The molecule has 0 amide bonds. The van der Waals surface area contributed by atoms with Crippen LogP contribution in [0.5, 0.6) is 0 Å². The van der Waals surface area contributed by atoms with Gasteiger partial charge >= 0.3 is 12.1 Å². The van der Waals surface area contributed by atoms with Crippen LogP contribution in [0.4, 0.5) is 22.0 Å². The van der Waals surface area contributed by atoms with Gasteiger partial charge in [-0.3, -0.25) is 4.79 Å². The summed E-state index contributed by atoms with van der Waals surface area (Å²) in [7, 11) is 0.